The Morgan fingerprint density at radius 1 is 1.24 bits per heavy atom. The highest BCUT2D eigenvalue weighted by atomic mass is 35.5. The molecule has 0 spiro atoms. The van der Waals surface area contributed by atoms with Crippen LogP contribution >= 0.6 is 11.6 Å². The number of hydrogen-bond acceptors (Lipinski definition) is 10. The fourth-order valence-corrected chi connectivity index (χ4v) is 5.45. The summed E-state index contributed by atoms with van der Waals surface area (Å²) < 4.78 is 22.9. The maximum atomic E-state index is 13.8. The van der Waals surface area contributed by atoms with Crippen molar-refractivity contribution in [2.24, 2.45) is 11.8 Å². The predicted molar refractivity (Wildman–Crippen MR) is 123 cm³/mol. The van der Waals surface area contributed by atoms with Gasteiger partial charge >= 0.3 is 11.9 Å². The number of carbonyl (C=O) groups is 2. The summed E-state index contributed by atoms with van der Waals surface area (Å²) in [4.78, 5) is 46.4. The Morgan fingerprint density at radius 3 is 2.70 bits per heavy atom. The molecule has 2 fully saturated rings. The molecule has 4 heterocycles. The Labute approximate surface area is 215 Å². The molecule has 2 saturated heterocycles. The summed E-state index contributed by atoms with van der Waals surface area (Å²) in [6.07, 6.45) is 1.25. The van der Waals surface area contributed by atoms with Crippen molar-refractivity contribution in [2.75, 3.05) is 13.2 Å². The van der Waals surface area contributed by atoms with Gasteiger partial charge in [-0.25, -0.2) is 0 Å². The van der Waals surface area contributed by atoms with E-state index < -0.39 is 52.6 Å². The first-order chi connectivity index (χ1) is 17.7. The lowest BCUT2D eigenvalue weighted by Gasteiger charge is -2.30. The molecule has 13 heteroatoms. The highest BCUT2D eigenvalue weighted by molar-refractivity contribution is 6.30. The first-order valence-electron chi connectivity index (χ1n) is 11.5. The van der Waals surface area contributed by atoms with Crippen LogP contribution in [-0.4, -0.2) is 58.1 Å². The van der Waals surface area contributed by atoms with Gasteiger partial charge in [-0.2, -0.15) is 0 Å². The van der Waals surface area contributed by atoms with Crippen LogP contribution in [-0.2, 0) is 41.9 Å². The smallest absolute Gasteiger partial charge is 0.316 e. The van der Waals surface area contributed by atoms with E-state index in [0.717, 1.165) is 5.56 Å². The van der Waals surface area contributed by atoms with Crippen molar-refractivity contribution in [2.45, 2.75) is 43.9 Å². The highest BCUT2D eigenvalue weighted by Crippen LogP contribution is 2.46. The molecule has 0 radical (unpaired) electrons. The lowest BCUT2D eigenvalue weighted by atomic mass is 9.75. The van der Waals surface area contributed by atoms with Gasteiger partial charge in [-0.1, -0.05) is 23.7 Å². The van der Waals surface area contributed by atoms with Crippen LogP contribution < -0.4 is 4.74 Å². The number of halogens is 1. The SMILES string of the molecule is C[C@@]1(O[N+](=O)[O-])CO[C@@H]2C(C(C(=O)Oc3cncc4c3COC4)[C@H](C(=O)O)c3ccc(Cl)cc3)CO[C@@H]21. The number of carboxylic acids is 1. The van der Waals surface area contributed by atoms with E-state index in [9.17, 15) is 24.8 Å². The van der Waals surface area contributed by atoms with Crippen molar-refractivity contribution in [1.29, 1.82) is 0 Å². The van der Waals surface area contributed by atoms with Gasteiger partial charge < -0.3 is 28.9 Å². The van der Waals surface area contributed by atoms with Gasteiger partial charge in [0, 0.05) is 28.3 Å². The molecule has 6 atom stereocenters. The molecule has 3 aliphatic rings. The van der Waals surface area contributed by atoms with E-state index >= 15 is 0 Å². The van der Waals surface area contributed by atoms with Crippen LogP contribution in [0.5, 0.6) is 5.75 Å². The minimum absolute atomic E-state index is 0.0998. The van der Waals surface area contributed by atoms with Crippen LogP contribution in [0.2, 0.25) is 5.02 Å². The zero-order chi connectivity index (χ0) is 26.3. The van der Waals surface area contributed by atoms with Crippen LogP contribution in [0.3, 0.4) is 0 Å². The second kappa shape index (κ2) is 9.86. The molecule has 5 rings (SSSR count). The number of hydrogen-bond donors (Lipinski definition) is 1. The fourth-order valence-electron chi connectivity index (χ4n) is 5.32. The van der Waals surface area contributed by atoms with Gasteiger partial charge in [-0.15, -0.1) is 10.1 Å². The zero-order valence-electron chi connectivity index (χ0n) is 19.6. The maximum Gasteiger partial charge on any atom is 0.316 e. The van der Waals surface area contributed by atoms with Gasteiger partial charge in [0.15, 0.2) is 11.4 Å². The van der Waals surface area contributed by atoms with E-state index in [1.807, 2.05) is 0 Å². The van der Waals surface area contributed by atoms with Crippen molar-refractivity contribution in [3.05, 3.63) is 68.5 Å². The van der Waals surface area contributed by atoms with Crippen molar-refractivity contribution >= 4 is 23.5 Å². The molecular weight excluding hydrogens is 512 g/mol. The zero-order valence-corrected chi connectivity index (χ0v) is 20.3. The first kappa shape index (κ1) is 25.3. The number of pyridine rings is 1. The number of nitrogens with zero attached hydrogens (tertiary/aromatic N) is 2. The number of aliphatic carboxylic acids is 1. The Morgan fingerprint density at radius 2 is 2.00 bits per heavy atom. The molecule has 1 aromatic heterocycles. The number of carbonyl (C=O) groups excluding carboxylic acids is 1. The van der Waals surface area contributed by atoms with Gasteiger partial charge in [0.2, 0.25) is 0 Å². The number of carboxylic acid groups (broad SMARTS) is 1. The molecule has 12 nitrogen and oxygen atoms in total. The maximum absolute atomic E-state index is 13.8. The fraction of sp³-hybridized carbons (Fsp3) is 0.458. The normalized spacial score (nSPS) is 27.7. The lowest BCUT2D eigenvalue weighted by molar-refractivity contribution is -0.781. The summed E-state index contributed by atoms with van der Waals surface area (Å²) >= 11 is 6.01. The number of ether oxygens (including phenoxy) is 4. The molecule has 0 saturated carbocycles. The van der Waals surface area contributed by atoms with Crippen molar-refractivity contribution in [3.8, 4) is 5.75 Å². The lowest BCUT2D eigenvalue weighted by Crippen LogP contribution is -2.46. The summed E-state index contributed by atoms with van der Waals surface area (Å²) in [7, 11) is 0. The summed E-state index contributed by atoms with van der Waals surface area (Å²) in [5, 5.41) is 20.8. The Kier molecular flexibility index (Phi) is 6.75. The van der Waals surface area contributed by atoms with E-state index in [4.69, 9.17) is 35.4 Å². The van der Waals surface area contributed by atoms with E-state index in [0.29, 0.717) is 22.8 Å². The van der Waals surface area contributed by atoms with E-state index in [2.05, 4.69) is 4.98 Å². The van der Waals surface area contributed by atoms with Crippen LogP contribution in [0, 0.1) is 22.0 Å². The number of aromatic nitrogens is 1. The van der Waals surface area contributed by atoms with E-state index in [1.54, 1.807) is 6.20 Å². The monoisotopic (exact) mass is 534 g/mol. The Balaban J connectivity index is 1.52. The third-order valence-electron chi connectivity index (χ3n) is 7.05. The van der Waals surface area contributed by atoms with Gasteiger partial charge in [-0.3, -0.25) is 14.6 Å². The van der Waals surface area contributed by atoms with Crippen molar-refractivity contribution in [3.63, 3.8) is 0 Å². The Hall–Kier alpha value is -3.32. The number of rotatable bonds is 8. The molecule has 0 amide bonds. The summed E-state index contributed by atoms with van der Waals surface area (Å²) in [5.41, 5.74) is 0.331. The number of benzene rings is 1. The van der Waals surface area contributed by atoms with Crippen LogP contribution in [0.25, 0.3) is 0 Å². The van der Waals surface area contributed by atoms with Crippen molar-refractivity contribution < 1.29 is 43.6 Å². The van der Waals surface area contributed by atoms with E-state index in [-0.39, 0.29) is 25.6 Å². The topological polar surface area (TPSA) is 157 Å². The van der Waals surface area contributed by atoms with Crippen molar-refractivity contribution in [1.82, 2.24) is 4.98 Å². The largest absolute Gasteiger partial charge is 0.481 e. The van der Waals surface area contributed by atoms with Gasteiger partial charge in [0.1, 0.15) is 6.10 Å². The first-order valence-corrected chi connectivity index (χ1v) is 11.9. The highest BCUT2D eigenvalue weighted by Gasteiger charge is 2.60. The van der Waals surface area contributed by atoms with Crippen LogP contribution in [0.4, 0.5) is 0 Å². The Bertz CT molecular complexity index is 1220. The predicted octanol–water partition coefficient (Wildman–Crippen LogP) is 2.54. The average Bonchev–Trinajstić information content (AvgIpc) is 3.55. The van der Waals surface area contributed by atoms with Gasteiger partial charge in [-0.05, 0) is 24.6 Å². The third-order valence-corrected chi connectivity index (χ3v) is 7.30. The number of esters is 1. The molecule has 37 heavy (non-hydrogen) atoms. The molecule has 2 unspecified atom stereocenters. The quantitative estimate of drug-likeness (QED) is 0.301. The molecule has 1 N–H and O–H groups in total. The number of fused-ring (bicyclic) bond motifs is 2. The molecule has 196 valence electrons. The minimum atomic E-state index is -1.42. The average molecular weight is 535 g/mol. The summed E-state index contributed by atoms with van der Waals surface area (Å²) in [5.74, 6) is -5.38. The van der Waals surface area contributed by atoms with Gasteiger partial charge in [0.25, 0.3) is 5.09 Å². The summed E-state index contributed by atoms with van der Waals surface area (Å²) in [6.45, 7) is 1.75. The van der Waals surface area contributed by atoms with Crippen LogP contribution in [0.15, 0.2) is 36.7 Å². The second-order valence-corrected chi connectivity index (χ2v) is 9.84. The van der Waals surface area contributed by atoms with E-state index in [1.165, 1.54) is 37.4 Å². The summed E-state index contributed by atoms with van der Waals surface area (Å²) in [6, 6.07) is 6.12. The van der Waals surface area contributed by atoms with Gasteiger partial charge in [0.05, 0.1) is 50.6 Å². The van der Waals surface area contributed by atoms with Crippen LogP contribution in [0.1, 0.15) is 29.5 Å². The molecule has 2 aromatic rings. The third kappa shape index (κ3) is 4.73. The molecule has 0 bridgehead atoms. The molecule has 3 aliphatic heterocycles. The second-order valence-electron chi connectivity index (χ2n) is 9.40. The molecule has 0 aliphatic carbocycles. The standard InChI is InChI=1S/C24H23ClN2O10/c1-24(37-27(31)32)11-35-20-16(10-34-21(20)24)19(18(22(28)29)12-2-4-14(25)5-3-12)23(30)36-17-7-26-6-13-8-33-9-15(13)17/h2-7,16,18-21H,8-11H2,1H3,(H,28,29)/t16?,18-,19?,20-,21+,24-/m1/s1. The molecule has 1 aromatic carbocycles. The minimum Gasteiger partial charge on any atom is -0.481 e. The molecular formula is C24H23ClN2O10.